The Morgan fingerprint density at radius 3 is 1.86 bits per heavy atom. The second-order valence-electron chi connectivity index (χ2n) is 6.97. The molecule has 1 heterocycles. The van der Waals surface area contributed by atoms with Gasteiger partial charge in [0, 0.05) is 44.8 Å². The van der Waals surface area contributed by atoms with Gasteiger partial charge in [-0.25, -0.2) is 0 Å². The number of piperazine rings is 1. The molecule has 1 aliphatic heterocycles. The first-order valence-corrected chi connectivity index (χ1v) is 9.37. The molecule has 0 aromatic rings. The molecule has 3 heteroatoms. The van der Waals surface area contributed by atoms with Crippen LogP contribution in [0.25, 0.3) is 0 Å². The van der Waals surface area contributed by atoms with Crippen LogP contribution in [0.2, 0.25) is 0 Å². The summed E-state index contributed by atoms with van der Waals surface area (Å²) in [4.78, 5) is 5.22. The summed E-state index contributed by atoms with van der Waals surface area (Å²) >= 11 is 0. The van der Waals surface area contributed by atoms with Crippen LogP contribution in [-0.4, -0.2) is 54.6 Å². The van der Waals surface area contributed by atoms with Crippen LogP contribution in [0.4, 0.5) is 0 Å². The fraction of sp³-hybridized carbons (Fsp3) is 1.00. The van der Waals surface area contributed by atoms with E-state index in [1.165, 1.54) is 77.5 Å². The second-order valence-corrected chi connectivity index (χ2v) is 6.97. The molecule has 0 amide bonds. The van der Waals surface area contributed by atoms with Crippen molar-refractivity contribution in [2.45, 2.75) is 84.2 Å². The zero-order valence-electron chi connectivity index (χ0n) is 14.8. The van der Waals surface area contributed by atoms with Gasteiger partial charge >= 0.3 is 0 Å². The van der Waals surface area contributed by atoms with Gasteiger partial charge in [-0.15, -0.1) is 0 Å². The van der Waals surface area contributed by atoms with Crippen molar-refractivity contribution in [3.63, 3.8) is 0 Å². The lowest BCUT2D eigenvalue weighted by Gasteiger charge is -2.40. The molecule has 2 N–H and O–H groups in total. The number of rotatable bonds is 11. The molecule has 0 bridgehead atoms. The second kappa shape index (κ2) is 11.4. The summed E-state index contributed by atoms with van der Waals surface area (Å²) in [5.74, 6) is 0. The van der Waals surface area contributed by atoms with Crippen molar-refractivity contribution in [2.24, 2.45) is 5.73 Å². The van der Waals surface area contributed by atoms with Gasteiger partial charge in [-0.05, 0) is 20.3 Å². The molecular weight excluding hydrogens is 258 g/mol. The molecule has 1 fully saturated rings. The van der Waals surface area contributed by atoms with Gasteiger partial charge < -0.3 is 5.73 Å². The van der Waals surface area contributed by atoms with Gasteiger partial charge in [-0.2, -0.15) is 0 Å². The summed E-state index contributed by atoms with van der Waals surface area (Å²) in [5.41, 5.74) is 6.02. The van der Waals surface area contributed by atoms with E-state index in [9.17, 15) is 0 Å². The average molecular weight is 298 g/mol. The third-order valence-electron chi connectivity index (χ3n) is 5.01. The molecule has 0 saturated carbocycles. The number of hydrogen-bond donors (Lipinski definition) is 1. The van der Waals surface area contributed by atoms with Crippen LogP contribution < -0.4 is 5.73 Å². The normalized spacial score (nSPS) is 19.3. The minimum absolute atomic E-state index is 0.620. The first-order chi connectivity index (χ1) is 10.2. The Bertz CT molecular complexity index is 235. The summed E-state index contributed by atoms with van der Waals surface area (Å²) < 4.78 is 0. The third kappa shape index (κ3) is 7.62. The van der Waals surface area contributed by atoms with Crippen molar-refractivity contribution in [3.05, 3.63) is 0 Å². The molecule has 1 atom stereocenters. The van der Waals surface area contributed by atoms with Crippen molar-refractivity contribution < 1.29 is 0 Å². The van der Waals surface area contributed by atoms with Crippen LogP contribution in [0, 0.1) is 0 Å². The Kier molecular flexibility index (Phi) is 10.3. The molecule has 1 rings (SSSR count). The quantitative estimate of drug-likeness (QED) is 0.593. The van der Waals surface area contributed by atoms with Crippen molar-refractivity contribution in [3.8, 4) is 0 Å². The highest BCUT2D eigenvalue weighted by atomic mass is 15.3. The molecule has 0 aromatic carbocycles. The van der Waals surface area contributed by atoms with Gasteiger partial charge in [-0.3, -0.25) is 9.80 Å². The Hall–Kier alpha value is -0.120. The summed E-state index contributed by atoms with van der Waals surface area (Å²) in [6.45, 7) is 12.6. The molecule has 21 heavy (non-hydrogen) atoms. The van der Waals surface area contributed by atoms with E-state index in [2.05, 4.69) is 30.6 Å². The highest BCUT2D eigenvalue weighted by Crippen LogP contribution is 2.15. The first-order valence-electron chi connectivity index (χ1n) is 9.37. The van der Waals surface area contributed by atoms with E-state index in [1.807, 2.05) is 0 Å². The van der Waals surface area contributed by atoms with Crippen LogP contribution in [0.3, 0.4) is 0 Å². The van der Waals surface area contributed by atoms with Gasteiger partial charge in [-0.1, -0.05) is 51.9 Å². The van der Waals surface area contributed by atoms with Crippen LogP contribution in [-0.2, 0) is 0 Å². The Balaban J connectivity index is 2.11. The highest BCUT2D eigenvalue weighted by molar-refractivity contribution is 4.80. The maximum atomic E-state index is 6.02. The number of nitrogens with zero attached hydrogens (tertiary/aromatic N) is 2. The maximum absolute atomic E-state index is 6.02. The Morgan fingerprint density at radius 2 is 1.33 bits per heavy atom. The SMILES string of the molecule is CCCCCCCCCC(CN)N1CCN(C(C)C)CC1. The molecular formula is C18H39N3. The van der Waals surface area contributed by atoms with Crippen molar-refractivity contribution in [2.75, 3.05) is 32.7 Å². The predicted octanol–water partition coefficient (Wildman–Crippen LogP) is 3.48. The predicted molar refractivity (Wildman–Crippen MR) is 93.7 cm³/mol. The van der Waals surface area contributed by atoms with E-state index >= 15 is 0 Å². The minimum atomic E-state index is 0.620. The Labute approximate surface area is 133 Å². The maximum Gasteiger partial charge on any atom is 0.0219 e. The van der Waals surface area contributed by atoms with Crippen LogP contribution in [0.15, 0.2) is 0 Å². The number of nitrogens with two attached hydrogens (primary N) is 1. The summed E-state index contributed by atoms with van der Waals surface area (Å²) in [6, 6.07) is 1.31. The highest BCUT2D eigenvalue weighted by Gasteiger charge is 2.23. The molecule has 0 spiro atoms. The monoisotopic (exact) mass is 297 g/mol. The van der Waals surface area contributed by atoms with Gasteiger partial charge in [0.05, 0.1) is 0 Å². The zero-order chi connectivity index (χ0) is 15.5. The van der Waals surface area contributed by atoms with Crippen molar-refractivity contribution in [1.29, 1.82) is 0 Å². The molecule has 1 aliphatic rings. The minimum Gasteiger partial charge on any atom is -0.329 e. The lowest BCUT2D eigenvalue weighted by molar-refractivity contribution is 0.0765. The Morgan fingerprint density at radius 1 is 0.810 bits per heavy atom. The fourth-order valence-electron chi connectivity index (χ4n) is 3.41. The largest absolute Gasteiger partial charge is 0.329 e. The molecule has 3 nitrogen and oxygen atoms in total. The van der Waals surface area contributed by atoms with Crippen molar-refractivity contribution in [1.82, 2.24) is 9.80 Å². The van der Waals surface area contributed by atoms with Crippen LogP contribution in [0.5, 0.6) is 0 Å². The van der Waals surface area contributed by atoms with Gasteiger partial charge in [0.25, 0.3) is 0 Å². The smallest absolute Gasteiger partial charge is 0.0219 e. The summed E-state index contributed by atoms with van der Waals surface area (Å²) in [5, 5.41) is 0. The van der Waals surface area contributed by atoms with E-state index in [1.54, 1.807) is 0 Å². The summed E-state index contributed by atoms with van der Waals surface area (Å²) in [7, 11) is 0. The van der Waals surface area contributed by atoms with E-state index in [4.69, 9.17) is 5.73 Å². The topological polar surface area (TPSA) is 32.5 Å². The molecule has 0 radical (unpaired) electrons. The van der Waals surface area contributed by atoms with Gasteiger partial charge in [0.2, 0.25) is 0 Å². The summed E-state index contributed by atoms with van der Waals surface area (Å²) in [6.07, 6.45) is 11.1. The number of hydrogen-bond acceptors (Lipinski definition) is 3. The third-order valence-corrected chi connectivity index (χ3v) is 5.01. The lowest BCUT2D eigenvalue weighted by Crippen LogP contribution is -2.53. The van der Waals surface area contributed by atoms with E-state index in [0.717, 1.165) is 6.54 Å². The zero-order valence-corrected chi connectivity index (χ0v) is 14.8. The van der Waals surface area contributed by atoms with E-state index in [0.29, 0.717) is 12.1 Å². The molecule has 1 unspecified atom stereocenters. The molecule has 126 valence electrons. The van der Waals surface area contributed by atoms with Gasteiger partial charge in [0.1, 0.15) is 0 Å². The van der Waals surface area contributed by atoms with E-state index < -0.39 is 0 Å². The van der Waals surface area contributed by atoms with Crippen LogP contribution >= 0.6 is 0 Å². The molecule has 0 aliphatic carbocycles. The first kappa shape index (κ1) is 18.9. The lowest BCUT2D eigenvalue weighted by atomic mass is 10.0. The molecule has 0 aromatic heterocycles. The van der Waals surface area contributed by atoms with Crippen LogP contribution in [0.1, 0.15) is 72.1 Å². The standard InChI is InChI=1S/C18H39N3/c1-4-5-6-7-8-9-10-11-18(16-19)21-14-12-20(13-15-21)17(2)3/h17-18H,4-16,19H2,1-3H3. The number of unbranched alkanes of at least 4 members (excludes halogenated alkanes) is 6. The average Bonchev–Trinajstić information content (AvgIpc) is 2.50. The van der Waals surface area contributed by atoms with Crippen molar-refractivity contribution >= 4 is 0 Å². The fourth-order valence-corrected chi connectivity index (χ4v) is 3.41. The molecule has 1 saturated heterocycles. The van der Waals surface area contributed by atoms with Gasteiger partial charge in [0.15, 0.2) is 0 Å². The van der Waals surface area contributed by atoms with E-state index in [-0.39, 0.29) is 0 Å².